The minimum absolute atomic E-state index is 0.181. The fraction of sp³-hybridized carbons (Fsp3) is 0.308. The topological polar surface area (TPSA) is 85.8 Å². The third-order valence-corrected chi connectivity index (χ3v) is 2.78. The highest BCUT2D eigenvalue weighted by Crippen LogP contribution is 2.15. The Bertz CT molecular complexity index is 590. The fourth-order valence-corrected chi connectivity index (χ4v) is 1.83. The van der Waals surface area contributed by atoms with Gasteiger partial charge >= 0.3 is 0 Å². The average Bonchev–Trinajstić information content (AvgIpc) is 2.78. The standard InChI is InChI=1S/C13H17N5O/c1-3-11-12(8-18(2)17-11)16-13(19)9-4-5-15-10(6-9)7-14/h4-6,8H,3,7,14H2,1-2H3,(H,16,19). The molecule has 0 aromatic carbocycles. The smallest absolute Gasteiger partial charge is 0.255 e. The Kier molecular flexibility index (Phi) is 3.91. The number of hydrogen-bond acceptors (Lipinski definition) is 4. The van der Waals surface area contributed by atoms with Crippen LogP contribution in [0.15, 0.2) is 24.5 Å². The maximum absolute atomic E-state index is 12.1. The molecule has 0 saturated heterocycles. The van der Waals surface area contributed by atoms with E-state index in [-0.39, 0.29) is 5.91 Å². The number of hydrogen-bond donors (Lipinski definition) is 2. The molecule has 0 spiro atoms. The Labute approximate surface area is 111 Å². The number of pyridine rings is 1. The van der Waals surface area contributed by atoms with Gasteiger partial charge in [0.1, 0.15) is 0 Å². The number of aromatic nitrogens is 3. The van der Waals surface area contributed by atoms with Crippen LogP contribution in [0.5, 0.6) is 0 Å². The van der Waals surface area contributed by atoms with Crippen LogP contribution in [0, 0.1) is 0 Å². The summed E-state index contributed by atoms with van der Waals surface area (Å²) in [6.07, 6.45) is 4.14. The van der Waals surface area contributed by atoms with E-state index in [1.165, 1.54) is 0 Å². The van der Waals surface area contributed by atoms with Crippen LogP contribution in [0.2, 0.25) is 0 Å². The molecule has 1 amide bonds. The lowest BCUT2D eigenvalue weighted by molar-refractivity contribution is 0.102. The molecule has 0 aliphatic rings. The van der Waals surface area contributed by atoms with Gasteiger partial charge < -0.3 is 11.1 Å². The van der Waals surface area contributed by atoms with Gasteiger partial charge in [0.05, 0.1) is 17.1 Å². The number of nitrogens with one attached hydrogen (secondary N) is 1. The van der Waals surface area contributed by atoms with Gasteiger partial charge in [0.15, 0.2) is 0 Å². The number of carbonyl (C=O) groups excluding carboxylic acids is 1. The van der Waals surface area contributed by atoms with Crippen LogP contribution in [0.3, 0.4) is 0 Å². The summed E-state index contributed by atoms with van der Waals surface area (Å²) in [7, 11) is 1.83. The van der Waals surface area contributed by atoms with E-state index in [0.29, 0.717) is 17.8 Å². The molecule has 2 aromatic heterocycles. The van der Waals surface area contributed by atoms with E-state index < -0.39 is 0 Å². The molecule has 0 aliphatic heterocycles. The van der Waals surface area contributed by atoms with Gasteiger partial charge in [0, 0.05) is 31.5 Å². The molecule has 0 bridgehead atoms. The van der Waals surface area contributed by atoms with E-state index in [2.05, 4.69) is 15.4 Å². The van der Waals surface area contributed by atoms with Crippen molar-refractivity contribution in [3.8, 4) is 0 Å². The van der Waals surface area contributed by atoms with E-state index in [0.717, 1.165) is 17.8 Å². The van der Waals surface area contributed by atoms with Crippen LogP contribution in [-0.2, 0) is 20.0 Å². The molecule has 3 N–H and O–H groups in total. The van der Waals surface area contributed by atoms with Crippen LogP contribution in [0.25, 0.3) is 0 Å². The lowest BCUT2D eigenvalue weighted by atomic mass is 10.2. The zero-order valence-corrected chi connectivity index (χ0v) is 11.1. The maximum atomic E-state index is 12.1. The largest absolute Gasteiger partial charge is 0.325 e. The molecule has 19 heavy (non-hydrogen) atoms. The monoisotopic (exact) mass is 259 g/mol. The number of nitrogens with zero attached hydrogens (tertiary/aromatic N) is 3. The summed E-state index contributed by atoms with van der Waals surface area (Å²) in [5, 5.41) is 7.14. The molecule has 6 nitrogen and oxygen atoms in total. The van der Waals surface area contributed by atoms with Crippen molar-refractivity contribution in [2.24, 2.45) is 12.8 Å². The van der Waals surface area contributed by atoms with Crippen molar-refractivity contribution in [1.82, 2.24) is 14.8 Å². The minimum Gasteiger partial charge on any atom is -0.325 e. The van der Waals surface area contributed by atoms with Gasteiger partial charge in [-0.15, -0.1) is 0 Å². The average molecular weight is 259 g/mol. The number of rotatable bonds is 4. The number of carbonyl (C=O) groups is 1. The molecule has 100 valence electrons. The number of nitrogens with two attached hydrogens (primary N) is 1. The summed E-state index contributed by atoms with van der Waals surface area (Å²) < 4.78 is 1.69. The third-order valence-electron chi connectivity index (χ3n) is 2.78. The van der Waals surface area contributed by atoms with Crippen molar-refractivity contribution >= 4 is 11.6 Å². The van der Waals surface area contributed by atoms with Gasteiger partial charge in [0.2, 0.25) is 0 Å². The molecule has 0 fully saturated rings. The van der Waals surface area contributed by atoms with Crippen molar-refractivity contribution < 1.29 is 4.79 Å². The zero-order chi connectivity index (χ0) is 13.8. The highest BCUT2D eigenvalue weighted by atomic mass is 16.1. The fourth-order valence-electron chi connectivity index (χ4n) is 1.83. The normalized spacial score (nSPS) is 10.5. The third kappa shape index (κ3) is 2.97. The second kappa shape index (κ2) is 5.62. The summed E-state index contributed by atoms with van der Waals surface area (Å²) in [6, 6.07) is 3.35. The van der Waals surface area contributed by atoms with E-state index in [1.807, 2.05) is 14.0 Å². The summed E-state index contributed by atoms with van der Waals surface area (Å²) in [5.41, 5.74) is 8.35. The molecule has 0 saturated carbocycles. The lowest BCUT2D eigenvalue weighted by Gasteiger charge is -2.05. The van der Waals surface area contributed by atoms with Crippen LogP contribution in [0.1, 0.15) is 28.7 Å². The molecular weight excluding hydrogens is 242 g/mol. The second-order valence-corrected chi connectivity index (χ2v) is 4.21. The van der Waals surface area contributed by atoms with E-state index in [4.69, 9.17) is 5.73 Å². The SMILES string of the molecule is CCc1nn(C)cc1NC(=O)c1ccnc(CN)c1. The van der Waals surface area contributed by atoms with Gasteiger partial charge in [-0.3, -0.25) is 14.5 Å². The molecule has 0 aliphatic carbocycles. The van der Waals surface area contributed by atoms with Crippen LogP contribution in [-0.4, -0.2) is 20.7 Å². The zero-order valence-electron chi connectivity index (χ0n) is 11.1. The quantitative estimate of drug-likeness (QED) is 0.860. The minimum atomic E-state index is -0.181. The molecule has 0 radical (unpaired) electrons. The highest BCUT2D eigenvalue weighted by molar-refractivity contribution is 6.04. The first-order valence-corrected chi connectivity index (χ1v) is 6.13. The molecule has 0 unspecified atom stereocenters. The van der Waals surface area contributed by atoms with Crippen molar-refractivity contribution in [2.45, 2.75) is 19.9 Å². The highest BCUT2D eigenvalue weighted by Gasteiger charge is 2.11. The Hall–Kier alpha value is -2.21. The van der Waals surface area contributed by atoms with E-state index in [9.17, 15) is 4.79 Å². The molecule has 2 aromatic rings. The van der Waals surface area contributed by atoms with Crippen molar-refractivity contribution in [3.63, 3.8) is 0 Å². The first kappa shape index (κ1) is 13.2. The van der Waals surface area contributed by atoms with E-state index >= 15 is 0 Å². The molecule has 2 rings (SSSR count). The number of amides is 1. The summed E-state index contributed by atoms with van der Waals surface area (Å²) in [5.74, 6) is -0.181. The van der Waals surface area contributed by atoms with Crippen molar-refractivity contribution in [3.05, 3.63) is 41.5 Å². The molecule has 2 heterocycles. The first-order chi connectivity index (χ1) is 9.13. The molecule has 6 heteroatoms. The van der Waals surface area contributed by atoms with Crippen LogP contribution >= 0.6 is 0 Å². The number of aryl methyl sites for hydroxylation is 2. The molecule has 0 atom stereocenters. The Morgan fingerprint density at radius 1 is 1.53 bits per heavy atom. The Morgan fingerprint density at radius 3 is 3.00 bits per heavy atom. The maximum Gasteiger partial charge on any atom is 0.255 e. The first-order valence-electron chi connectivity index (χ1n) is 6.13. The Balaban J connectivity index is 2.20. The van der Waals surface area contributed by atoms with Gasteiger partial charge in [-0.1, -0.05) is 6.92 Å². The predicted molar refractivity (Wildman–Crippen MR) is 72.7 cm³/mol. The van der Waals surface area contributed by atoms with Crippen molar-refractivity contribution in [1.29, 1.82) is 0 Å². The number of anilines is 1. The van der Waals surface area contributed by atoms with E-state index in [1.54, 1.807) is 29.2 Å². The van der Waals surface area contributed by atoms with Gasteiger partial charge in [0.25, 0.3) is 5.91 Å². The summed E-state index contributed by atoms with van der Waals surface area (Å²) in [4.78, 5) is 16.2. The summed E-state index contributed by atoms with van der Waals surface area (Å²) >= 11 is 0. The van der Waals surface area contributed by atoms with Gasteiger partial charge in [-0.2, -0.15) is 5.10 Å². The Morgan fingerprint density at radius 2 is 2.32 bits per heavy atom. The van der Waals surface area contributed by atoms with Gasteiger partial charge in [-0.25, -0.2) is 0 Å². The molecular formula is C13H17N5O. The predicted octanol–water partition coefficient (Wildman–Crippen LogP) is 1.09. The summed E-state index contributed by atoms with van der Waals surface area (Å²) in [6.45, 7) is 2.31. The van der Waals surface area contributed by atoms with Crippen LogP contribution < -0.4 is 11.1 Å². The second-order valence-electron chi connectivity index (χ2n) is 4.21. The van der Waals surface area contributed by atoms with Crippen molar-refractivity contribution in [2.75, 3.05) is 5.32 Å². The van der Waals surface area contributed by atoms with Crippen LogP contribution in [0.4, 0.5) is 5.69 Å². The lowest BCUT2D eigenvalue weighted by Crippen LogP contribution is -2.13. The van der Waals surface area contributed by atoms with Gasteiger partial charge in [-0.05, 0) is 18.6 Å².